The van der Waals surface area contributed by atoms with Gasteiger partial charge in [-0.1, -0.05) is 78.5 Å². The van der Waals surface area contributed by atoms with E-state index >= 15 is 0 Å². The van der Waals surface area contributed by atoms with E-state index in [1.807, 2.05) is 91.3 Å². The highest BCUT2D eigenvalue weighted by atomic mass is 32.2. The van der Waals surface area contributed by atoms with Gasteiger partial charge in [-0.25, -0.2) is 4.68 Å². The number of hydrogen-bond donors (Lipinski definition) is 2. The third-order valence-electron chi connectivity index (χ3n) is 5.37. The molecule has 0 fully saturated rings. The number of rotatable bonds is 4. The Hall–Kier alpha value is -3.58. The number of hydrogen-bond acceptors (Lipinski definition) is 5. The Bertz CT molecular complexity index is 1240. The fourth-order valence-corrected chi connectivity index (χ4v) is 5.08. The molecule has 0 spiro atoms. The molecule has 6 nitrogen and oxygen atoms in total. The summed E-state index contributed by atoms with van der Waals surface area (Å²) >= 11 is 1.43. The highest BCUT2D eigenvalue weighted by Gasteiger charge is 2.38. The summed E-state index contributed by atoms with van der Waals surface area (Å²) in [7, 11) is 0. The first kappa shape index (κ1) is 20.3. The summed E-state index contributed by atoms with van der Waals surface area (Å²) in [5, 5.41) is 12.1. The summed E-state index contributed by atoms with van der Waals surface area (Å²) in [5.41, 5.74) is 8.53. The van der Waals surface area contributed by atoms with Crippen molar-refractivity contribution in [2.45, 2.75) is 30.3 Å². The normalized spacial score (nSPS) is 17.3. The number of aryl methyl sites for hydroxylation is 2. The van der Waals surface area contributed by atoms with Crippen molar-refractivity contribution in [3.8, 4) is 11.4 Å². The summed E-state index contributed by atoms with van der Waals surface area (Å²) in [5.74, 6) is 0.652. The van der Waals surface area contributed by atoms with E-state index < -0.39 is 5.25 Å². The maximum Gasteiger partial charge on any atom is 0.240 e. The molecule has 1 aliphatic heterocycles. The highest BCUT2D eigenvalue weighted by molar-refractivity contribution is 8.00. The van der Waals surface area contributed by atoms with Crippen molar-refractivity contribution in [2.24, 2.45) is 0 Å². The third kappa shape index (κ3) is 3.99. The maximum absolute atomic E-state index is 13.4. The van der Waals surface area contributed by atoms with E-state index in [4.69, 9.17) is 0 Å². The first-order valence-electron chi connectivity index (χ1n) is 10.5. The molecule has 5 rings (SSSR count). The average Bonchev–Trinajstić information content (AvgIpc) is 3.22. The van der Waals surface area contributed by atoms with Crippen molar-refractivity contribution in [1.82, 2.24) is 14.9 Å². The van der Waals surface area contributed by atoms with Crippen LogP contribution in [0.15, 0.2) is 84.0 Å². The molecule has 4 aromatic rings. The Morgan fingerprint density at radius 3 is 2.28 bits per heavy atom. The van der Waals surface area contributed by atoms with Gasteiger partial charge in [0.1, 0.15) is 5.25 Å². The lowest BCUT2D eigenvalue weighted by atomic mass is 10.0. The quantitative estimate of drug-likeness (QED) is 0.468. The van der Waals surface area contributed by atoms with E-state index in [9.17, 15) is 4.79 Å². The van der Waals surface area contributed by atoms with E-state index in [0.717, 1.165) is 33.8 Å². The van der Waals surface area contributed by atoms with E-state index in [1.165, 1.54) is 11.8 Å². The van der Waals surface area contributed by atoms with Gasteiger partial charge in [0.15, 0.2) is 5.82 Å². The minimum atomic E-state index is -0.418. The maximum atomic E-state index is 13.4. The molecular weight excluding hydrogens is 418 g/mol. The number of nitrogens with zero attached hydrogens (tertiary/aromatic N) is 3. The second-order valence-electron chi connectivity index (χ2n) is 7.93. The van der Waals surface area contributed by atoms with Crippen molar-refractivity contribution in [3.63, 3.8) is 0 Å². The van der Waals surface area contributed by atoms with Gasteiger partial charge in [0.2, 0.25) is 11.1 Å². The first-order chi connectivity index (χ1) is 15.6. The second-order valence-corrected chi connectivity index (χ2v) is 9.04. The fraction of sp³-hybridized carbons (Fsp3) is 0.160. The summed E-state index contributed by atoms with van der Waals surface area (Å²) in [6.07, 6.45) is 0. The Balaban J connectivity index is 1.50. The molecule has 2 heterocycles. The molecule has 0 unspecified atom stereocenters. The molecule has 1 aliphatic rings. The van der Waals surface area contributed by atoms with Crippen LogP contribution in [0.3, 0.4) is 0 Å². The van der Waals surface area contributed by atoms with E-state index in [2.05, 4.69) is 27.0 Å². The molecule has 7 heteroatoms. The van der Waals surface area contributed by atoms with Crippen LogP contribution in [-0.2, 0) is 4.79 Å². The number of fused-ring (bicyclic) bond motifs is 1. The van der Waals surface area contributed by atoms with Gasteiger partial charge in [-0.05, 0) is 42.7 Å². The van der Waals surface area contributed by atoms with Gasteiger partial charge >= 0.3 is 0 Å². The lowest BCUT2D eigenvalue weighted by Gasteiger charge is -2.33. The lowest BCUT2D eigenvalue weighted by molar-refractivity contribution is -0.116. The van der Waals surface area contributed by atoms with Crippen molar-refractivity contribution in [3.05, 3.63) is 95.6 Å². The SMILES string of the molecule is Cc1cc(C)cc(NC(=O)[C@H]2Sc3nnc(-c4ccccc4)n3N[C@@H]2c2ccccc2)c1. The summed E-state index contributed by atoms with van der Waals surface area (Å²) in [6, 6.07) is 25.7. The fourth-order valence-electron chi connectivity index (χ4n) is 4.00. The number of aromatic nitrogens is 3. The third-order valence-corrected chi connectivity index (χ3v) is 6.59. The standard InChI is InChI=1S/C25H23N5OS/c1-16-13-17(2)15-20(14-16)26-24(31)22-21(18-9-5-3-6-10-18)29-30-23(27-28-25(30)32-22)19-11-7-4-8-12-19/h3-15,21-22,29H,1-2H3,(H,26,31)/t21-,22+/m1/s1. The number of benzene rings is 3. The van der Waals surface area contributed by atoms with Crippen LogP contribution in [0.25, 0.3) is 11.4 Å². The molecule has 2 atom stereocenters. The molecule has 0 bridgehead atoms. The zero-order valence-electron chi connectivity index (χ0n) is 17.8. The van der Waals surface area contributed by atoms with E-state index in [-0.39, 0.29) is 11.9 Å². The number of carbonyl (C=O) groups excluding carboxylic acids is 1. The Morgan fingerprint density at radius 2 is 1.59 bits per heavy atom. The van der Waals surface area contributed by atoms with Crippen LogP contribution in [-0.4, -0.2) is 26.0 Å². The molecule has 160 valence electrons. The molecule has 3 aromatic carbocycles. The summed E-state index contributed by atoms with van der Waals surface area (Å²) < 4.78 is 1.89. The van der Waals surface area contributed by atoms with Crippen LogP contribution in [0.1, 0.15) is 22.7 Å². The first-order valence-corrected chi connectivity index (χ1v) is 11.3. The topological polar surface area (TPSA) is 71.8 Å². The predicted octanol–water partition coefficient (Wildman–Crippen LogP) is 4.96. The van der Waals surface area contributed by atoms with Crippen molar-refractivity contribution in [1.29, 1.82) is 0 Å². The second kappa shape index (κ2) is 8.51. The minimum absolute atomic E-state index is 0.0723. The largest absolute Gasteiger partial charge is 0.325 e. The minimum Gasteiger partial charge on any atom is -0.325 e. The number of nitrogens with one attached hydrogen (secondary N) is 2. The van der Waals surface area contributed by atoms with Crippen molar-refractivity contribution in [2.75, 3.05) is 10.7 Å². The molecule has 0 saturated heterocycles. The molecule has 32 heavy (non-hydrogen) atoms. The molecule has 1 aromatic heterocycles. The van der Waals surface area contributed by atoms with Crippen LogP contribution < -0.4 is 10.7 Å². The van der Waals surface area contributed by atoms with Gasteiger partial charge in [0, 0.05) is 11.3 Å². The van der Waals surface area contributed by atoms with Crippen LogP contribution in [0.5, 0.6) is 0 Å². The van der Waals surface area contributed by atoms with Crippen molar-refractivity contribution >= 4 is 23.4 Å². The zero-order chi connectivity index (χ0) is 22.1. The summed E-state index contributed by atoms with van der Waals surface area (Å²) in [4.78, 5) is 13.4. The molecule has 0 radical (unpaired) electrons. The number of anilines is 1. The zero-order valence-corrected chi connectivity index (χ0v) is 18.6. The monoisotopic (exact) mass is 441 g/mol. The molecule has 2 N–H and O–H groups in total. The van der Waals surface area contributed by atoms with Crippen LogP contribution in [0, 0.1) is 13.8 Å². The molecule has 0 saturated carbocycles. The number of amides is 1. The van der Waals surface area contributed by atoms with Crippen molar-refractivity contribution < 1.29 is 4.79 Å². The van der Waals surface area contributed by atoms with Gasteiger partial charge in [0.25, 0.3) is 0 Å². The lowest BCUT2D eigenvalue weighted by Crippen LogP contribution is -2.41. The van der Waals surface area contributed by atoms with Gasteiger partial charge in [-0.15, -0.1) is 10.2 Å². The van der Waals surface area contributed by atoms with Gasteiger partial charge < -0.3 is 10.7 Å². The predicted molar refractivity (Wildman–Crippen MR) is 128 cm³/mol. The molecular formula is C25H23N5OS. The van der Waals surface area contributed by atoms with Gasteiger partial charge in [0.05, 0.1) is 6.04 Å². The van der Waals surface area contributed by atoms with Crippen LogP contribution in [0.4, 0.5) is 5.69 Å². The average molecular weight is 442 g/mol. The number of carbonyl (C=O) groups is 1. The Labute approximate surface area is 191 Å². The molecule has 1 amide bonds. The van der Waals surface area contributed by atoms with Crippen LogP contribution in [0.2, 0.25) is 0 Å². The van der Waals surface area contributed by atoms with Gasteiger partial charge in [-0.3, -0.25) is 4.79 Å². The van der Waals surface area contributed by atoms with E-state index in [0.29, 0.717) is 5.16 Å². The van der Waals surface area contributed by atoms with Crippen LogP contribution >= 0.6 is 11.8 Å². The summed E-state index contributed by atoms with van der Waals surface area (Å²) in [6.45, 7) is 4.06. The van der Waals surface area contributed by atoms with E-state index in [1.54, 1.807) is 0 Å². The smallest absolute Gasteiger partial charge is 0.240 e. The molecule has 0 aliphatic carbocycles. The van der Waals surface area contributed by atoms with Gasteiger partial charge in [-0.2, -0.15) is 0 Å². The Morgan fingerprint density at radius 1 is 0.938 bits per heavy atom. The highest BCUT2D eigenvalue weighted by Crippen LogP contribution is 2.39. The number of thioether (sulfide) groups is 1. The Kier molecular flexibility index (Phi) is 5.41.